The highest BCUT2D eigenvalue weighted by Gasteiger charge is 2.22. The van der Waals surface area contributed by atoms with Crippen molar-refractivity contribution in [3.05, 3.63) is 65.2 Å². The molecule has 8 heteroatoms. The zero-order valence-corrected chi connectivity index (χ0v) is 17.1. The summed E-state index contributed by atoms with van der Waals surface area (Å²) < 4.78 is 5.49. The summed E-state index contributed by atoms with van der Waals surface area (Å²) in [5.74, 6) is -0.127. The Kier molecular flexibility index (Phi) is 7.70. The lowest BCUT2D eigenvalue weighted by Crippen LogP contribution is -2.46. The fraction of sp³-hybridized carbons (Fsp3) is 0.273. The lowest BCUT2D eigenvalue weighted by atomic mass is 10.0. The minimum atomic E-state index is -0.577. The second kappa shape index (κ2) is 10.7. The van der Waals surface area contributed by atoms with Gasteiger partial charge < -0.3 is 15.0 Å². The van der Waals surface area contributed by atoms with Crippen LogP contribution in [0.1, 0.15) is 18.4 Å². The molecule has 0 unspecified atom stereocenters. The first kappa shape index (κ1) is 21.7. The Balaban J connectivity index is 1.49. The molecule has 0 saturated carbocycles. The molecule has 0 spiro atoms. The van der Waals surface area contributed by atoms with Gasteiger partial charge in [-0.1, -0.05) is 29.8 Å². The number of carbonyl (C=O) groups is 2. The molecule has 0 bridgehead atoms. The molecule has 0 aromatic heterocycles. The molecule has 3 rings (SSSR count). The van der Waals surface area contributed by atoms with Crippen molar-refractivity contribution in [2.45, 2.75) is 18.9 Å². The third kappa shape index (κ3) is 6.23. The summed E-state index contributed by atoms with van der Waals surface area (Å²) in [6.45, 7) is 1.52. The van der Waals surface area contributed by atoms with E-state index in [9.17, 15) is 9.59 Å². The normalized spacial score (nSPS) is 14.5. The van der Waals surface area contributed by atoms with Gasteiger partial charge in [0.2, 0.25) is 0 Å². The van der Waals surface area contributed by atoms with Crippen molar-refractivity contribution in [3.63, 3.8) is 0 Å². The molecule has 1 aliphatic heterocycles. The summed E-state index contributed by atoms with van der Waals surface area (Å²) in [6.07, 6.45) is 4.57. The smallest absolute Gasteiger partial charge is 0.267 e. The summed E-state index contributed by atoms with van der Waals surface area (Å²) in [5, 5.41) is 12.3. The van der Waals surface area contributed by atoms with Gasteiger partial charge in [0.25, 0.3) is 11.8 Å². The maximum absolute atomic E-state index is 12.2. The predicted molar refractivity (Wildman–Crippen MR) is 116 cm³/mol. The summed E-state index contributed by atoms with van der Waals surface area (Å²) >= 11 is 5.84. The SMILES string of the molecule is O=C(C=Cc1ccccc1N1CCC(NC(=O)COc2ccc(Cl)cc2)CC1)NO. The molecule has 1 saturated heterocycles. The number of hydrogen-bond acceptors (Lipinski definition) is 5. The van der Waals surface area contributed by atoms with Crippen LogP contribution in [0.4, 0.5) is 5.69 Å². The standard InChI is InChI=1S/C22H24ClN3O4/c23-17-6-8-19(9-7-17)30-15-22(28)24-18-11-13-26(14-12-18)20-4-2-1-3-16(20)5-10-21(27)25-29/h1-10,18,29H,11-15H2,(H,24,28)(H,25,27). The molecule has 3 N–H and O–H groups in total. The van der Waals surface area contributed by atoms with E-state index >= 15 is 0 Å². The van der Waals surface area contributed by atoms with Crippen molar-refractivity contribution in [2.75, 3.05) is 24.6 Å². The number of amides is 2. The molecule has 158 valence electrons. The Morgan fingerprint density at radius 3 is 2.53 bits per heavy atom. The van der Waals surface area contributed by atoms with Gasteiger partial charge in [-0.05, 0) is 54.8 Å². The van der Waals surface area contributed by atoms with E-state index in [0.29, 0.717) is 10.8 Å². The van der Waals surface area contributed by atoms with Crippen molar-refractivity contribution in [3.8, 4) is 5.75 Å². The highest BCUT2D eigenvalue weighted by molar-refractivity contribution is 6.30. The maximum Gasteiger partial charge on any atom is 0.267 e. The molecule has 30 heavy (non-hydrogen) atoms. The largest absolute Gasteiger partial charge is 0.484 e. The fourth-order valence-electron chi connectivity index (χ4n) is 3.33. The lowest BCUT2D eigenvalue weighted by Gasteiger charge is -2.34. The Morgan fingerprint density at radius 2 is 1.83 bits per heavy atom. The molecule has 1 aliphatic rings. The quantitative estimate of drug-likeness (QED) is 0.357. The molecule has 0 atom stereocenters. The molecular weight excluding hydrogens is 406 g/mol. The number of hydroxylamine groups is 1. The van der Waals surface area contributed by atoms with Crippen LogP contribution in [-0.2, 0) is 9.59 Å². The summed E-state index contributed by atoms with van der Waals surface area (Å²) in [6, 6.07) is 14.7. The van der Waals surface area contributed by atoms with Crippen LogP contribution in [0.3, 0.4) is 0 Å². The first-order valence-corrected chi connectivity index (χ1v) is 10.1. The molecule has 0 aliphatic carbocycles. The molecule has 1 heterocycles. The van der Waals surface area contributed by atoms with Crippen LogP contribution in [0, 0.1) is 0 Å². The fourth-order valence-corrected chi connectivity index (χ4v) is 3.46. The van der Waals surface area contributed by atoms with Gasteiger partial charge in [0.05, 0.1) is 0 Å². The number of nitrogens with one attached hydrogen (secondary N) is 2. The molecular formula is C22H24ClN3O4. The monoisotopic (exact) mass is 429 g/mol. The minimum Gasteiger partial charge on any atom is -0.484 e. The predicted octanol–water partition coefficient (Wildman–Crippen LogP) is 3.02. The number of hydrogen-bond donors (Lipinski definition) is 3. The second-order valence-corrected chi connectivity index (χ2v) is 7.38. The van der Waals surface area contributed by atoms with E-state index < -0.39 is 5.91 Å². The number of para-hydroxylation sites is 1. The van der Waals surface area contributed by atoms with Gasteiger partial charge >= 0.3 is 0 Å². The van der Waals surface area contributed by atoms with Crippen molar-refractivity contribution >= 4 is 35.2 Å². The Bertz CT molecular complexity index is 894. The van der Waals surface area contributed by atoms with Crippen molar-refractivity contribution < 1.29 is 19.5 Å². The van der Waals surface area contributed by atoms with Gasteiger partial charge in [0.15, 0.2) is 6.61 Å². The van der Waals surface area contributed by atoms with E-state index in [0.717, 1.165) is 37.2 Å². The zero-order chi connectivity index (χ0) is 21.3. The molecule has 2 aromatic rings. The highest BCUT2D eigenvalue weighted by Crippen LogP contribution is 2.25. The van der Waals surface area contributed by atoms with E-state index in [2.05, 4.69) is 10.2 Å². The molecule has 1 fully saturated rings. The Morgan fingerprint density at radius 1 is 1.13 bits per heavy atom. The van der Waals surface area contributed by atoms with Gasteiger partial charge in [-0.2, -0.15) is 0 Å². The number of anilines is 1. The second-order valence-electron chi connectivity index (χ2n) is 6.94. The van der Waals surface area contributed by atoms with Gasteiger partial charge in [-0.25, -0.2) is 5.48 Å². The number of halogens is 1. The van der Waals surface area contributed by atoms with Crippen LogP contribution in [0.5, 0.6) is 5.75 Å². The van der Waals surface area contributed by atoms with Gasteiger partial charge in [0, 0.05) is 35.9 Å². The van der Waals surface area contributed by atoms with E-state index in [1.165, 1.54) is 6.08 Å². The highest BCUT2D eigenvalue weighted by atomic mass is 35.5. The average Bonchev–Trinajstić information content (AvgIpc) is 2.78. The van der Waals surface area contributed by atoms with Crippen LogP contribution in [0.2, 0.25) is 5.02 Å². The lowest BCUT2D eigenvalue weighted by molar-refractivity contribution is -0.124. The number of piperidine rings is 1. The molecule has 7 nitrogen and oxygen atoms in total. The van der Waals surface area contributed by atoms with Crippen LogP contribution < -0.4 is 20.4 Å². The van der Waals surface area contributed by atoms with E-state index in [-0.39, 0.29) is 18.6 Å². The van der Waals surface area contributed by atoms with Crippen LogP contribution in [-0.4, -0.2) is 42.8 Å². The zero-order valence-electron chi connectivity index (χ0n) is 16.4. The van der Waals surface area contributed by atoms with E-state index in [1.807, 2.05) is 24.3 Å². The summed E-state index contributed by atoms with van der Waals surface area (Å²) in [7, 11) is 0. The number of carbonyl (C=O) groups excluding carboxylic acids is 2. The third-order valence-electron chi connectivity index (χ3n) is 4.85. The molecule has 2 aromatic carbocycles. The Hall–Kier alpha value is -3.03. The summed E-state index contributed by atoms with van der Waals surface area (Å²) in [5.41, 5.74) is 3.48. The van der Waals surface area contributed by atoms with E-state index in [4.69, 9.17) is 21.5 Å². The molecule has 0 radical (unpaired) electrons. The minimum absolute atomic E-state index is 0.0393. The average molecular weight is 430 g/mol. The Labute approximate surface area is 180 Å². The van der Waals surface area contributed by atoms with Gasteiger partial charge in [-0.3, -0.25) is 14.8 Å². The first-order chi connectivity index (χ1) is 14.5. The topological polar surface area (TPSA) is 90.9 Å². The van der Waals surface area contributed by atoms with Gasteiger partial charge in [0.1, 0.15) is 5.75 Å². The van der Waals surface area contributed by atoms with Crippen LogP contribution >= 0.6 is 11.6 Å². The van der Waals surface area contributed by atoms with Gasteiger partial charge in [-0.15, -0.1) is 0 Å². The maximum atomic E-state index is 12.2. The summed E-state index contributed by atoms with van der Waals surface area (Å²) in [4.78, 5) is 25.7. The number of ether oxygens (including phenoxy) is 1. The third-order valence-corrected chi connectivity index (χ3v) is 5.10. The van der Waals surface area contributed by atoms with Crippen LogP contribution in [0.25, 0.3) is 6.08 Å². The molecule has 2 amide bonds. The van der Waals surface area contributed by atoms with Crippen LogP contribution in [0.15, 0.2) is 54.6 Å². The number of nitrogens with zero attached hydrogens (tertiary/aromatic N) is 1. The van der Waals surface area contributed by atoms with E-state index in [1.54, 1.807) is 35.8 Å². The number of rotatable bonds is 7. The first-order valence-electron chi connectivity index (χ1n) is 9.69. The van der Waals surface area contributed by atoms with Crippen molar-refractivity contribution in [1.29, 1.82) is 0 Å². The van der Waals surface area contributed by atoms with Crippen molar-refractivity contribution in [1.82, 2.24) is 10.8 Å². The van der Waals surface area contributed by atoms with Crippen molar-refractivity contribution in [2.24, 2.45) is 0 Å². The number of benzene rings is 2.